The summed E-state index contributed by atoms with van der Waals surface area (Å²) in [6, 6.07) is 3.17. The number of fused-ring (bicyclic) bond motifs is 1. The molecule has 0 spiro atoms. The van der Waals surface area contributed by atoms with Crippen LogP contribution in [0.4, 0.5) is 0 Å². The Balaban J connectivity index is 1.41. The van der Waals surface area contributed by atoms with E-state index in [1.807, 2.05) is 4.90 Å². The van der Waals surface area contributed by atoms with E-state index in [4.69, 9.17) is 4.74 Å². The minimum Gasteiger partial charge on any atom is -0.379 e. The van der Waals surface area contributed by atoms with E-state index >= 15 is 0 Å². The van der Waals surface area contributed by atoms with Crippen LogP contribution in [-0.4, -0.2) is 75.8 Å². The number of morpholine rings is 1. The molecule has 0 aliphatic carbocycles. The smallest absolute Gasteiger partial charge is 0.332 e. The number of hydrogen-bond acceptors (Lipinski definition) is 6. The molecular weight excluding hydrogens is 386 g/mol. The number of ether oxygens (including phenoxy) is 1. The summed E-state index contributed by atoms with van der Waals surface area (Å²) in [4.78, 5) is 46.1. The van der Waals surface area contributed by atoms with Crippen molar-refractivity contribution >= 4 is 16.9 Å². The first-order valence-corrected chi connectivity index (χ1v) is 10.6. The summed E-state index contributed by atoms with van der Waals surface area (Å²) in [5, 5.41) is 0.331. The molecule has 0 aromatic carbocycles. The lowest BCUT2D eigenvalue weighted by molar-refractivity contribution is 0.0332. The van der Waals surface area contributed by atoms with E-state index in [0.29, 0.717) is 24.4 Å². The number of amides is 1. The Morgan fingerprint density at radius 2 is 1.77 bits per heavy atom. The molecule has 4 heterocycles. The molecule has 0 radical (unpaired) electrons. The van der Waals surface area contributed by atoms with E-state index in [2.05, 4.69) is 9.88 Å². The van der Waals surface area contributed by atoms with E-state index < -0.39 is 11.2 Å². The lowest BCUT2D eigenvalue weighted by Gasteiger charge is -2.33. The average Bonchev–Trinajstić information content (AvgIpc) is 2.80. The normalized spacial score (nSPS) is 18.8. The maximum Gasteiger partial charge on any atom is 0.332 e. The highest BCUT2D eigenvalue weighted by atomic mass is 16.5. The van der Waals surface area contributed by atoms with Gasteiger partial charge in [0, 0.05) is 40.3 Å². The Morgan fingerprint density at radius 3 is 2.47 bits per heavy atom. The number of aromatic nitrogens is 3. The molecule has 0 unspecified atom stereocenters. The second kappa shape index (κ2) is 8.69. The summed E-state index contributed by atoms with van der Waals surface area (Å²) in [6.07, 6.45) is 3.13. The fourth-order valence-corrected chi connectivity index (χ4v) is 4.35. The molecule has 0 saturated carbocycles. The fourth-order valence-electron chi connectivity index (χ4n) is 4.35. The second-order valence-electron chi connectivity index (χ2n) is 8.25. The topological polar surface area (TPSA) is 89.7 Å². The van der Waals surface area contributed by atoms with Crippen molar-refractivity contribution in [3.63, 3.8) is 0 Å². The number of hydrogen-bond donors (Lipinski definition) is 0. The maximum absolute atomic E-state index is 13.0. The van der Waals surface area contributed by atoms with Gasteiger partial charge < -0.3 is 9.64 Å². The molecule has 2 fully saturated rings. The van der Waals surface area contributed by atoms with Gasteiger partial charge in [0.2, 0.25) is 0 Å². The van der Waals surface area contributed by atoms with Crippen LogP contribution < -0.4 is 11.2 Å². The summed E-state index contributed by atoms with van der Waals surface area (Å²) in [5.74, 6) is 0.488. The van der Waals surface area contributed by atoms with E-state index in [0.717, 1.165) is 56.7 Å². The summed E-state index contributed by atoms with van der Waals surface area (Å²) in [6.45, 7) is 6.18. The monoisotopic (exact) mass is 415 g/mol. The third-order valence-corrected chi connectivity index (χ3v) is 6.38. The van der Waals surface area contributed by atoms with Gasteiger partial charge in [-0.05, 0) is 43.9 Å². The van der Waals surface area contributed by atoms with Crippen LogP contribution in [0.1, 0.15) is 29.8 Å². The van der Waals surface area contributed by atoms with Crippen LogP contribution in [0.15, 0.2) is 21.7 Å². The van der Waals surface area contributed by atoms with Crippen LogP contribution in [-0.2, 0) is 18.8 Å². The zero-order valence-corrected chi connectivity index (χ0v) is 17.7. The molecule has 2 aliphatic heterocycles. The van der Waals surface area contributed by atoms with Crippen LogP contribution in [0, 0.1) is 5.92 Å². The molecule has 1 amide bonds. The molecule has 30 heavy (non-hydrogen) atoms. The van der Waals surface area contributed by atoms with E-state index in [1.165, 1.54) is 11.6 Å². The van der Waals surface area contributed by atoms with Gasteiger partial charge in [-0.3, -0.25) is 23.6 Å². The molecule has 2 saturated heterocycles. The van der Waals surface area contributed by atoms with Crippen LogP contribution >= 0.6 is 0 Å². The van der Waals surface area contributed by atoms with Crippen molar-refractivity contribution in [1.29, 1.82) is 0 Å². The number of pyridine rings is 1. The summed E-state index contributed by atoms with van der Waals surface area (Å²) in [5.41, 5.74) is -0.335. The van der Waals surface area contributed by atoms with E-state index in [-0.39, 0.29) is 17.2 Å². The predicted octanol–water partition coefficient (Wildman–Crippen LogP) is 0.207. The van der Waals surface area contributed by atoms with E-state index in [1.54, 1.807) is 19.2 Å². The number of carbonyl (C=O) groups excluding carboxylic acids is 1. The Bertz CT molecular complexity index is 1050. The van der Waals surface area contributed by atoms with Gasteiger partial charge in [0.1, 0.15) is 11.3 Å². The largest absolute Gasteiger partial charge is 0.379 e. The zero-order valence-electron chi connectivity index (χ0n) is 17.7. The quantitative estimate of drug-likeness (QED) is 0.709. The van der Waals surface area contributed by atoms with Crippen LogP contribution in [0.25, 0.3) is 11.0 Å². The van der Waals surface area contributed by atoms with Gasteiger partial charge in [-0.15, -0.1) is 0 Å². The minimum absolute atomic E-state index is 0.142. The standard InChI is InChI=1S/C21H29N5O4/c1-23-18-16(19(27)24(2)21(23)29)3-4-17(22-18)20(28)26-9-6-15(7-10-26)5-8-25-11-13-30-14-12-25/h3-4,15H,5-14H2,1-2H3. The molecule has 9 nitrogen and oxygen atoms in total. The molecule has 4 rings (SSSR count). The number of rotatable bonds is 4. The van der Waals surface area contributed by atoms with Crippen molar-refractivity contribution in [2.24, 2.45) is 20.0 Å². The highest BCUT2D eigenvalue weighted by Crippen LogP contribution is 2.22. The first kappa shape index (κ1) is 20.7. The third-order valence-electron chi connectivity index (χ3n) is 6.38. The maximum atomic E-state index is 13.0. The first-order chi connectivity index (χ1) is 14.5. The first-order valence-electron chi connectivity index (χ1n) is 10.6. The lowest BCUT2D eigenvalue weighted by atomic mass is 9.93. The Morgan fingerprint density at radius 1 is 1.07 bits per heavy atom. The van der Waals surface area contributed by atoms with E-state index in [9.17, 15) is 14.4 Å². The average molecular weight is 415 g/mol. The van der Waals surface area contributed by atoms with Crippen LogP contribution in [0.3, 0.4) is 0 Å². The van der Waals surface area contributed by atoms with Gasteiger partial charge in [-0.2, -0.15) is 0 Å². The Labute approximate surface area is 174 Å². The van der Waals surface area contributed by atoms with Crippen LogP contribution in [0.5, 0.6) is 0 Å². The molecular formula is C21H29N5O4. The highest BCUT2D eigenvalue weighted by Gasteiger charge is 2.25. The molecule has 9 heteroatoms. The third kappa shape index (κ3) is 4.04. The van der Waals surface area contributed by atoms with Crippen molar-refractivity contribution in [3.05, 3.63) is 38.7 Å². The molecule has 2 aliphatic rings. The molecule has 162 valence electrons. The summed E-state index contributed by atoms with van der Waals surface area (Å²) >= 11 is 0. The van der Waals surface area contributed by atoms with Crippen LogP contribution in [0.2, 0.25) is 0 Å². The number of aryl methyl sites for hydroxylation is 1. The minimum atomic E-state index is -0.453. The van der Waals surface area contributed by atoms with Crippen molar-refractivity contribution < 1.29 is 9.53 Å². The number of nitrogens with zero attached hydrogens (tertiary/aromatic N) is 5. The second-order valence-corrected chi connectivity index (χ2v) is 8.25. The number of piperidine rings is 1. The van der Waals surface area contributed by atoms with Crippen molar-refractivity contribution in [3.8, 4) is 0 Å². The lowest BCUT2D eigenvalue weighted by Crippen LogP contribution is -2.41. The SMILES string of the molecule is Cn1c(=O)c2ccc(C(=O)N3CCC(CCN4CCOCC4)CC3)nc2n(C)c1=O. The van der Waals surface area contributed by atoms with Gasteiger partial charge in [0.25, 0.3) is 11.5 Å². The fraction of sp³-hybridized carbons (Fsp3) is 0.619. The van der Waals surface area contributed by atoms with Crippen molar-refractivity contribution in [1.82, 2.24) is 23.9 Å². The van der Waals surface area contributed by atoms with Crippen molar-refractivity contribution in [2.45, 2.75) is 19.3 Å². The zero-order chi connectivity index (χ0) is 21.3. The van der Waals surface area contributed by atoms with Crippen molar-refractivity contribution in [2.75, 3.05) is 45.9 Å². The summed E-state index contributed by atoms with van der Waals surface area (Å²) < 4.78 is 7.76. The molecule has 0 bridgehead atoms. The number of likely N-dealkylation sites (tertiary alicyclic amines) is 1. The number of carbonyl (C=O) groups is 1. The Hall–Kier alpha value is -2.52. The Kier molecular flexibility index (Phi) is 6.01. The molecule has 2 aromatic heterocycles. The molecule has 2 aromatic rings. The van der Waals surface area contributed by atoms with Gasteiger partial charge in [-0.25, -0.2) is 9.78 Å². The molecule has 0 atom stereocenters. The van der Waals surface area contributed by atoms with Gasteiger partial charge >= 0.3 is 5.69 Å². The van der Waals surface area contributed by atoms with Gasteiger partial charge in [0.05, 0.1) is 18.6 Å². The summed E-state index contributed by atoms with van der Waals surface area (Å²) in [7, 11) is 3.00. The highest BCUT2D eigenvalue weighted by molar-refractivity contribution is 5.94. The van der Waals surface area contributed by atoms with Gasteiger partial charge in [-0.1, -0.05) is 0 Å². The molecule has 0 N–H and O–H groups in total. The predicted molar refractivity (Wildman–Crippen MR) is 113 cm³/mol. The van der Waals surface area contributed by atoms with Gasteiger partial charge in [0.15, 0.2) is 0 Å².